The van der Waals surface area contributed by atoms with Crippen molar-refractivity contribution in [3.63, 3.8) is 0 Å². The molecule has 1 aromatic rings. The Balaban J connectivity index is 1.34. The molecule has 2 atom stereocenters. The topological polar surface area (TPSA) is 58.6 Å². The van der Waals surface area contributed by atoms with Crippen LogP contribution >= 0.6 is 11.8 Å². The second-order valence-corrected chi connectivity index (χ2v) is 8.07. The SMILES string of the molecule is CC12CCC(=O)N1C(C(=O)NCCCCOc1ccc(F)cc1)CS2. The van der Waals surface area contributed by atoms with E-state index in [0.717, 1.165) is 19.3 Å². The molecular formula is C18H23FN2O3S. The smallest absolute Gasteiger partial charge is 0.243 e. The molecule has 136 valence electrons. The minimum absolute atomic E-state index is 0.0640. The Morgan fingerprint density at radius 1 is 1.40 bits per heavy atom. The molecule has 7 heteroatoms. The summed E-state index contributed by atoms with van der Waals surface area (Å²) >= 11 is 1.70. The van der Waals surface area contributed by atoms with Gasteiger partial charge in [0.15, 0.2) is 0 Å². The minimum atomic E-state index is -0.347. The molecule has 3 rings (SSSR count). The van der Waals surface area contributed by atoms with Crippen LogP contribution < -0.4 is 10.1 Å². The average molecular weight is 366 g/mol. The predicted molar refractivity (Wildman–Crippen MR) is 94.9 cm³/mol. The van der Waals surface area contributed by atoms with Crippen LogP contribution in [0.2, 0.25) is 0 Å². The number of hydrogen-bond donors (Lipinski definition) is 1. The second-order valence-electron chi connectivity index (χ2n) is 6.57. The monoisotopic (exact) mass is 366 g/mol. The highest BCUT2D eigenvalue weighted by molar-refractivity contribution is 8.01. The van der Waals surface area contributed by atoms with E-state index in [2.05, 4.69) is 5.32 Å². The third-order valence-corrected chi connectivity index (χ3v) is 6.21. The maximum absolute atomic E-state index is 12.8. The Hall–Kier alpha value is -1.76. The number of nitrogens with one attached hydrogen (secondary N) is 1. The van der Waals surface area contributed by atoms with Gasteiger partial charge < -0.3 is 15.0 Å². The van der Waals surface area contributed by atoms with Gasteiger partial charge >= 0.3 is 0 Å². The molecule has 5 nitrogen and oxygen atoms in total. The number of carbonyl (C=O) groups is 2. The van der Waals surface area contributed by atoms with E-state index in [9.17, 15) is 14.0 Å². The first-order valence-corrected chi connectivity index (χ1v) is 9.60. The quantitative estimate of drug-likeness (QED) is 0.754. The summed E-state index contributed by atoms with van der Waals surface area (Å²) in [4.78, 5) is 26.0. The van der Waals surface area contributed by atoms with Crippen molar-refractivity contribution in [2.45, 2.75) is 43.5 Å². The summed E-state index contributed by atoms with van der Waals surface area (Å²) in [5, 5.41) is 2.93. The van der Waals surface area contributed by atoms with Crippen LogP contribution in [0.25, 0.3) is 0 Å². The van der Waals surface area contributed by atoms with Gasteiger partial charge in [0.25, 0.3) is 0 Å². The van der Waals surface area contributed by atoms with Gasteiger partial charge in [-0.3, -0.25) is 9.59 Å². The highest BCUT2D eigenvalue weighted by atomic mass is 32.2. The second kappa shape index (κ2) is 7.64. The molecule has 1 N–H and O–H groups in total. The molecule has 2 heterocycles. The molecule has 0 radical (unpaired) electrons. The fraction of sp³-hybridized carbons (Fsp3) is 0.556. The lowest BCUT2D eigenvalue weighted by Gasteiger charge is -2.29. The van der Waals surface area contributed by atoms with Gasteiger partial charge in [-0.05, 0) is 50.5 Å². The van der Waals surface area contributed by atoms with Crippen LogP contribution in [0.15, 0.2) is 24.3 Å². The number of fused-ring (bicyclic) bond motifs is 1. The van der Waals surface area contributed by atoms with Crippen molar-refractivity contribution in [1.29, 1.82) is 0 Å². The van der Waals surface area contributed by atoms with Crippen molar-refractivity contribution >= 4 is 23.6 Å². The van der Waals surface area contributed by atoms with Gasteiger partial charge in [0.1, 0.15) is 17.6 Å². The number of benzene rings is 1. The fourth-order valence-electron chi connectivity index (χ4n) is 3.29. The molecule has 2 aliphatic heterocycles. The molecule has 2 unspecified atom stereocenters. The maximum Gasteiger partial charge on any atom is 0.243 e. The molecule has 0 saturated carbocycles. The summed E-state index contributed by atoms with van der Waals surface area (Å²) in [5.74, 6) is 1.04. The van der Waals surface area contributed by atoms with Crippen LogP contribution in [0, 0.1) is 5.82 Å². The van der Waals surface area contributed by atoms with Crippen LogP contribution in [0.5, 0.6) is 5.75 Å². The van der Waals surface area contributed by atoms with Crippen LogP contribution in [-0.4, -0.2) is 46.5 Å². The van der Waals surface area contributed by atoms with Gasteiger partial charge in [-0.1, -0.05) is 0 Å². The summed E-state index contributed by atoms with van der Waals surface area (Å²) < 4.78 is 18.3. The number of rotatable bonds is 7. The summed E-state index contributed by atoms with van der Waals surface area (Å²) in [6.45, 7) is 3.12. The standard InChI is InChI=1S/C18H23FN2O3S/c1-18-9-8-16(22)21(18)15(12-25-18)17(23)20-10-2-3-11-24-14-6-4-13(19)5-7-14/h4-7,15H,2-3,8-12H2,1H3,(H,20,23). The van der Waals surface area contributed by atoms with Crippen molar-refractivity contribution in [2.24, 2.45) is 0 Å². The van der Waals surface area contributed by atoms with Gasteiger partial charge in [-0.25, -0.2) is 4.39 Å². The molecule has 1 aromatic carbocycles. The number of carbonyl (C=O) groups excluding carboxylic acids is 2. The van der Waals surface area contributed by atoms with E-state index in [1.165, 1.54) is 12.1 Å². The van der Waals surface area contributed by atoms with E-state index in [0.29, 0.717) is 31.1 Å². The van der Waals surface area contributed by atoms with Crippen LogP contribution in [-0.2, 0) is 9.59 Å². The van der Waals surface area contributed by atoms with Crippen molar-refractivity contribution in [1.82, 2.24) is 10.2 Å². The Labute approximate surface area is 151 Å². The molecule has 0 spiro atoms. The molecule has 2 amide bonds. The molecular weight excluding hydrogens is 343 g/mol. The van der Waals surface area contributed by atoms with Crippen molar-refractivity contribution in [2.75, 3.05) is 18.9 Å². The number of unbranched alkanes of at least 4 members (excludes halogenated alkanes) is 1. The molecule has 0 aliphatic carbocycles. The molecule has 25 heavy (non-hydrogen) atoms. The predicted octanol–water partition coefficient (Wildman–Crippen LogP) is 2.55. The Morgan fingerprint density at radius 2 is 2.16 bits per heavy atom. The van der Waals surface area contributed by atoms with Gasteiger partial charge in [-0.2, -0.15) is 0 Å². The van der Waals surface area contributed by atoms with E-state index < -0.39 is 0 Å². The minimum Gasteiger partial charge on any atom is -0.494 e. The number of ether oxygens (including phenoxy) is 1. The summed E-state index contributed by atoms with van der Waals surface area (Å²) in [7, 11) is 0. The zero-order chi connectivity index (χ0) is 17.9. The number of halogens is 1. The van der Waals surface area contributed by atoms with Crippen molar-refractivity contribution in [3.8, 4) is 5.75 Å². The summed E-state index contributed by atoms with van der Waals surface area (Å²) in [6, 6.07) is 5.57. The van der Waals surface area contributed by atoms with E-state index in [4.69, 9.17) is 4.74 Å². The molecule has 2 saturated heterocycles. The lowest BCUT2D eigenvalue weighted by Crippen LogP contribution is -2.50. The Kier molecular flexibility index (Phi) is 5.51. The largest absolute Gasteiger partial charge is 0.494 e. The lowest BCUT2D eigenvalue weighted by atomic mass is 10.2. The normalized spacial score (nSPS) is 25.1. The first kappa shape index (κ1) is 18.0. The summed E-state index contributed by atoms with van der Waals surface area (Å²) in [6.07, 6.45) is 2.93. The van der Waals surface area contributed by atoms with Gasteiger partial charge in [0.05, 0.1) is 11.5 Å². The Morgan fingerprint density at radius 3 is 2.92 bits per heavy atom. The van der Waals surface area contributed by atoms with Crippen LogP contribution in [0.1, 0.15) is 32.6 Å². The molecule has 0 bridgehead atoms. The third kappa shape index (κ3) is 4.08. The first-order chi connectivity index (χ1) is 12.0. The summed E-state index contributed by atoms with van der Waals surface area (Å²) in [5.41, 5.74) is 0. The van der Waals surface area contributed by atoms with E-state index >= 15 is 0 Å². The number of hydrogen-bond acceptors (Lipinski definition) is 4. The maximum atomic E-state index is 12.8. The zero-order valence-electron chi connectivity index (χ0n) is 14.3. The van der Waals surface area contributed by atoms with Crippen LogP contribution in [0.3, 0.4) is 0 Å². The fourth-order valence-corrected chi connectivity index (χ4v) is 4.72. The zero-order valence-corrected chi connectivity index (χ0v) is 15.1. The van der Waals surface area contributed by atoms with Gasteiger partial charge in [0.2, 0.25) is 11.8 Å². The highest BCUT2D eigenvalue weighted by Gasteiger charge is 2.52. The highest BCUT2D eigenvalue weighted by Crippen LogP contribution is 2.47. The lowest BCUT2D eigenvalue weighted by molar-refractivity contribution is -0.137. The Bertz CT molecular complexity index is 640. The first-order valence-electron chi connectivity index (χ1n) is 8.62. The number of nitrogens with zero attached hydrogens (tertiary/aromatic N) is 1. The van der Waals surface area contributed by atoms with Crippen LogP contribution in [0.4, 0.5) is 4.39 Å². The van der Waals surface area contributed by atoms with Crippen molar-refractivity contribution in [3.05, 3.63) is 30.1 Å². The molecule has 2 aliphatic rings. The molecule has 0 aromatic heterocycles. The molecule has 2 fully saturated rings. The van der Waals surface area contributed by atoms with Gasteiger partial charge in [0, 0.05) is 18.7 Å². The van der Waals surface area contributed by atoms with Crippen molar-refractivity contribution < 1.29 is 18.7 Å². The average Bonchev–Trinajstić information content (AvgIpc) is 3.09. The van der Waals surface area contributed by atoms with E-state index in [1.807, 2.05) is 6.92 Å². The number of thioether (sulfide) groups is 1. The van der Waals surface area contributed by atoms with E-state index in [1.54, 1.807) is 28.8 Å². The van der Waals surface area contributed by atoms with Gasteiger partial charge in [-0.15, -0.1) is 11.8 Å². The third-order valence-electron chi connectivity index (χ3n) is 4.70. The van der Waals surface area contributed by atoms with E-state index in [-0.39, 0.29) is 28.5 Å². The number of amides is 2.